The van der Waals surface area contributed by atoms with E-state index in [1.165, 1.54) is 37.4 Å². The first kappa shape index (κ1) is 25.8. The highest BCUT2D eigenvalue weighted by Crippen LogP contribution is 2.40. The van der Waals surface area contributed by atoms with Crippen LogP contribution in [0.1, 0.15) is 29.7 Å². The van der Waals surface area contributed by atoms with Gasteiger partial charge in [0.15, 0.2) is 0 Å². The summed E-state index contributed by atoms with van der Waals surface area (Å²) in [7, 11) is 1.28. The van der Waals surface area contributed by atoms with Gasteiger partial charge in [-0.2, -0.15) is 13.2 Å². The number of pyridine rings is 1. The van der Waals surface area contributed by atoms with Crippen LogP contribution in [0.4, 0.5) is 18.0 Å². The fraction of sp³-hybridized carbons (Fsp3) is 0.269. The van der Waals surface area contributed by atoms with Crippen LogP contribution in [0.25, 0.3) is 0 Å². The molecule has 1 aliphatic carbocycles. The second kappa shape index (κ2) is 10.4. The maximum atomic E-state index is 13.4. The van der Waals surface area contributed by atoms with Gasteiger partial charge in [-0.3, -0.25) is 4.79 Å². The lowest BCUT2D eigenvalue weighted by Gasteiger charge is -2.17. The molecule has 3 aromatic rings. The number of methoxy groups -OCH3 is 1. The van der Waals surface area contributed by atoms with E-state index in [4.69, 9.17) is 14.2 Å². The number of hydrogen-bond acceptors (Lipinski definition) is 6. The summed E-state index contributed by atoms with van der Waals surface area (Å²) < 4.78 is 55.7. The second-order valence-corrected chi connectivity index (χ2v) is 8.50. The molecule has 1 aliphatic rings. The molecule has 37 heavy (non-hydrogen) atoms. The third kappa shape index (κ3) is 6.49. The lowest BCUT2D eigenvalue weighted by Crippen LogP contribution is -2.49. The van der Waals surface area contributed by atoms with Crippen LogP contribution in [0, 0.1) is 6.92 Å². The Hall–Kier alpha value is -4.28. The highest BCUT2D eigenvalue weighted by atomic mass is 19.4. The summed E-state index contributed by atoms with van der Waals surface area (Å²) in [5, 5.41) is 5.36. The summed E-state index contributed by atoms with van der Waals surface area (Å²) in [6.45, 7) is 1.91. The Morgan fingerprint density at radius 1 is 1.03 bits per heavy atom. The number of carbonyl (C=O) groups excluding carboxylic acids is 2. The predicted octanol–water partition coefficient (Wildman–Crippen LogP) is 5.15. The molecule has 2 aromatic carbocycles. The molecule has 2 N–H and O–H groups in total. The molecule has 4 rings (SSSR count). The fourth-order valence-corrected chi connectivity index (χ4v) is 3.53. The van der Waals surface area contributed by atoms with Gasteiger partial charge in [-0.15, -0.1) is 0 Å². The van der Waals surface area contributed by atoms with Crippen LogP contribution in [-0.4, -0.2) is 29.6 Å². The number of aryl methyl sites for hydroxylation is 1. The third-order valence-electron chi connectivity index (χ3n) is 5.68. The number of benzene rings is 2. The number of aromatic nitrogens is 1. The van der Waals surface area contributed by atoms with Crippen LogP contribution in [0.2, 0.25) is 0 Å². The number of carbonyl (C=O) groups is 2. The summed E-state index contributed by atoms with van der Waals surface area (Å²) in [6.07, 6.45) is -4.47. The predicted molar refractivity (Wildman–Crippen MR) is 126 cm³/mol. The van der Waals surface area contributed by atoms with Gasteiger partial charge in [0.1, 0.15) is 28.4 Å². The van der Waals surface area contributed by atoms with Crippen molar-refractivity contribution in [2.75, 3.05) is 7.11 Å². The van der Waals surface area contributed by atoms with Crippen LogP contribution in [0.3, 0.4) is 0 Å². The second-order valence-electron chi connectivity index (χ2n) is 8.50. The summed E-state index contributed by atoms with van der Waals surface area (Å²) >= 11 is 0. The standard InChI is InChI=1S/C26H24F3N3O5/c1-16-4-3-5-22(31-16)37-24(34)32-25(12-13-25)23(33)30-15-17-6-8-18(9-7-17)36-21-11-10-19(35-2)14-20(21)26(27,28)29/h3-11,14H,12-13,15H2,1-2H3,(H,30,33)(H,32,34). The van der Waals surface area contributed by atoms with Crippen molar-refractivity contribution < 1.29 is 37.0 Å². The Morgan fingerprint density at radius 3 is 2.35 bits per heavy atom. The molecule has 1 aromatic heterocycles. The molecule has 0 atom stereocenters. The van der Waals surface area contributed by atoms with Crippen LogP contribution in [0.15, 0.2) is 60.7 Å². The van der Waals surface area contributed by atoms with Crippen molar-refractivity contribution >= 4 is 12.0 Å². The van der Waals surface area contributed by atoms with Gasteiger partial charge < -0.3 is 24.8 Å². The largest absolute Gasteiger partial charge is 0.497 e. The number of hydrogen-bond donors (Lipinski definition) is 2. The highest BCUT2D eigenvalue weighted by Gasteiger charge is 2.51. The zero-order valence-corrected chi connectivity index (χ0v) is 20.0. The highest BCUT2D eigenvalue weighted by molar-refractivity contribution is 5.93. The molecule has 8 nitrogen and oxygen atoms in total. The molecule has 0 bridgehead atoms. The van der Waals surface area contributed by atoms with Gasteiger partial charge in [-0.1, -0.05) is 18.2 Å². The van der Waals surface area contributed by atoms with Gasteiger partial charge in [0.2, 0.25) is 11.8 Å². The van der Waals surface area contributed by atoms with Crippen molar-refractivity contribution in [2.45, 2.75) is 38.0 Å². The van der Waals surface area contributed by atoms with Gasteiger partial charge in [0, 0.05) is 18.3 Å². The Labute approximate surface area is 210 Å². The molecule has 0 unspecified atom stereocenters. The van der Waals surface area contributed by atoms with E-state index in [2.05, 4.69) is 15.6 Å². The maximum absolute atomic E-state index is 13.4. The Kier molecular flexibility index (Phi) is 7.23. The average molecular weight is 515 g/mol. The van der Waals surface area contributed by atoms with Crippen molar-refractivity contribution in [1.29, 1.82) is 0 Å². The first-order chi connectivity index (χ1) is 17.6. The molecule has 0 saturated heterocycles. The van der Waals surface area contributed by atoms with Gasteiger partial charge in [-0.05, 0) is 61.7 Å². The van der Waals surface area contributed by atoms with Gasteiger partial charge >= 0.3 is 12.3 Å². The van der Waals surface area contributed by atoms with Crippen molar-refractivity contribution in [3.05, 3.63) is 77.5 Å². The molecule has 1 heterocycles. The van der Waals surface area contributed by atoms with Crippen LogP contribution < -0.4 is 24.8 Å². The number of halogens is 3. The SMILES string of the molecule is COc1ccc(Oc2ccc(CNC(=O)C3(NC(=O)Oc4cccc(C)n4)CC3)cc2)c(C(F)(F)F)c1. The van der Waals surface area contributed by atoms with Gasteiger partial charge in [0.25, 0.3) is 0 Å². The first-order valence-corrected chi connectivity index (χ1v) is 11.3. The van der Waals surface area contributed by atoms with Crippen molar-refractivity contribution in [1.82, 2.24) is 15.6 Å². The summed E-state index contributed by atoms with van der Waals surface area (Å²) in [5.74, 6) is -0.334. The van der Waals surface area contributed by atoms with E-state index < -0.39 is 23.4 Å². The minimum Gasteiger partial charge on any atom is -0.497 e. The summed E-state index contributed by atoms with van der Waals surface area (Å²) in [4.78, 5) is 29.0. The summed E-state index contributed by atoms with van der Waals surface area (Å²) in [5.41, 5.74) is -0.631. The quantitative estimate of drug-likeness (QED) is 0.431. The number of nitrogens with one attached hydrogen (secondary N) is 2. The zero-order valence-electron chi connectivity index (χ0n) is 20.0. The topological polar surface area (TPSA) is 98.8 Å². The number of nitrogens with zero attached hydrogens (tertiary/aromatic N) is 1. The molecular weight excluding hydrogens is 491 g/mol. The first-order valence-electron chi connectivity index (χ1n) is 11.3. The third-order valence-corrected chi connectivity index (χ3v) is 5.68. The zero-order chi connectivity index (χ0) is 26.6. The molecular formula is C26H24F3N3O5. The van der Waals surface area contributed by atoms with Crippen LogP contribution >= 0.6 is 0 Å². The Bertz CT molecular complexity index is 1290. The van der Waals surface area contributed by atoms with Crippen molar-refractivity contribution in [3.8, 4) is 23.1 Å². The lowest BCUT2D eigenvalue weighted by atomic mass is 10.1. The monoisotopic (exact) mass is 515 g/mol. The van der Waals surface area contributed by atoms with Gasteiger partial charge in [0.05, 0.1) is 7.11 Å². The Balaban J connectivity index is 1.32. The smallest absolute Gasteiger partial charge is 0.420 e. The van der Waals surface area contributed by atoms with E-state index in [1.807, 2.05) is 0 Å². The Morgan fingerprint density at radius 2 is 1.73 bits per heavy atom. The summed E-state index contributed by atoms with van der Waals surface area (Å²) in [6, 6.07) is 14.7. The van der Waals surface area contributed by atoms with E-state index in [1.54, 1.807) is 31.2 Å². The van der Waals surface area contributed by atoms with E-state index >= 15 is 0 Å². The molecule has 0 aliphatic heterocycles. The van der Waals surface area contributed by atoms with Crippen molar-refractivity contribution in [2.24, 2.45) is 0 Å². The normalized spacial score (nSPS) is 13.9. The molecule has 1 saturated carbocycles. The van der Waals surface area contributed by atoms with E-state index in [-0.39, 0.29) is 35.6 Å². The minimum atomic E-state index is -4.62. The van der Waals surface area contributed by atoms with Crippen LogP contribution in [-0.2, 0) is 17.5 Å². The molecule has 0 spiro atoms. The molecule has 11 heteroatoms. The molecule has 194 valence electrons. The molecule has 2 amide bonds. The lowest BCUT2D eigenvalue weighted by molar-refractivity contribution is -0.138. The number of alkyl halides is 3. The average Bonchev–Trinajstić information content (AvgIpc) is 3.63. The minimum absolute atomic E-state index is 0.0637. The maximum Gasteiger partial charge on any atom is 0.420 e. The van der Waals surface area contributed by atoms with E-state index in [0.717, 1.165) is 6.07 Å². The number of ether oxygens (including phenoxy) is 3. The van der Waals surface area contributed by atoms with Gasteiger partial charge in [-0.25, -0.2) is 9.78 Å². The van der Waals surface area contributed by atoms with E-state index in [0.29, 0.717) is 24.1 Å². The fourth-order valence-electron chi connectivity index (χ4n) is 3.53. The number of amides is 2. The van der Waals surface area contributed by atoms with Crippen molar-refractivity contribution in [3.63, 3.8) is 0 Å². The number of rotatable bonds is 8. The molecule has 0 radical (unpaired) electrons. The molecule has 1 fully saturated rings. The van der Waals surface area contributed by atoms with E-state index in [9.17, 15) is 22.8 Å². The van der Waals surface area contributed by atoms with Crippen LogP contribution in [0.5, 0.6) is 23.1 Å².